The number of likely N-dealkylation sites (tertiary alicyclic amines) is 1. The summed E-state index contributed by atoms with van der Waals surface area (Å²) in [5.74, 6) is -3.33. The highest BCUT2D eigenvalue weighted by molar-refractivity contribution is 7.82. The number of nitrogens with zero attached hydrogens (tertiary/aromatic N) is 3. The molecule has 3 fully saturated rings. The third kappa shape index (κ3) is 7.47. The Morgan fingerprint density at radius 3 is 2.39 bits per heavy atom. The maximum atomic E-state index is 14.0. The second-order valence-corrected chi connectivity index (χ2v) is 14.1. The second-order valence-electron chi connectivity index (χ2n) is 12.2. The van der Waals surface area contributed by atoms with Gasteiger partial charge in [-0.25, -0.2) is 17.3 Å². The summed E-state index contributed by atoms with van der Waals surface area (Å²) in [6.07, 6.45) is 0.374. The van der Waals surface area contributed by atoms with Crippen LogP contribution in [0.3, 0.4) is 0 Å². The first-order valence-corrected chi connectivity index (χ1v) is 16.2. The normalized spacial score (nSPS) is 26.3. The smallest absolute Gasteiger partial charge is 0.248 e. The van der Waals surface area contributed by atoms with Crippen molar-refractivity contribution in [2.24, 2.45) is 11.3 Å². The lowest BCUT2D eigenvalue weighted by molar-refractivity contribution is -0.151. The molecule has 230 valence electrons. The monoisotopic (exact) mass is 616 g/mol. The molecule has 2 saturated heterocycles. The van der Waals surface area contributed by atoms with Crippen LogP contribution in [-0.4, -0.2) is 98.4 Å². The SMILES string of the molecule is CCNCS(=O)N1C[C@@H](C(=O)N2CC[C@H](N(C(=O)C(C)(C)CO)C3CCC(F)(F)CC3)C2)[C@H](c2ccc(Cl)cc2)C1. The van der Waals surface area contributed by atoms with Crippen LogP contribution in [0.4, 0.5) is 8.78 Å². The number of amides is 2. The Balaban J connectivity index is 1.53. The molecule has 41 heavy (non-hydrogen) atoms. The van der Waals surface area contributed by atoms with Crippen molar-refractivity contribution in [3.63, 3.8) is 0 Å². The fraction of sp³-hybridized carbons (Fsp3) is 0.724. The zero-order valence-corrected chi connectivity index (χ0v) is 25.7. The third-order valence-electron chi connectivity index (χ3n) is 8.82. The van der Waals surface area contributed by atoms with Gasteiger partial charge in [0.25, 0.3) is 0 Å². The van der Waals surface area contributed by atoms with Gasteiger partial charge in [-0.1, -0.05) is 30.7 Å². The minimum atomic E-state index is -2.73. The molecule has 0 spiro atoms. The predicted molar refractivity (Wildman–Crippen MR) is 156 cm³/mol. The van der Waals surface area contributed by atoms with E-state index in [9.17, 15) is 27.7 Å². The molecule has 1 aromatic rings. The molecule has 8 nitrogen and oxygen atoms in total. The van der Waals surface area contributed by atoms with Crippen molar-refractivity contribution < 1.29 is 27.7 Å². The molecule has 4 atom stereocenters. The number of halogens is 3. The van der Waals surface area contributed by atoms with Crippen LogP contribution in [0.1, 0.15) is 64.4 Å². The Morgan fingerprint density at radius 1 is 1.12 bits per heavy atom. The summed E-state index contributed by atoms with van der Waals surface area (Å²) in [6, 6.07) is 6.74. The van der Waals surface area contributed by atoms with Crippen molar-refractivity contribution >= 4 is 34.4 Å². The molecular formula is C29H43ClF2N4O4S. The fourth-order valence-corrected chi connectivity index (χ4v) is 7.61. The molecule has 12 heteroatoms. The summed E-state index contributed by atoms with van der Waals surface area (Å²) >= 11 is 6.12. The second kappa shape index (κ2) is 13.3. The van der Waals surface area contributed by atoms with Crippen molar-refractivity contribution in [3.05, 3.63) is 34.9 Å². The summed E-state index contributed by atoms with van der Waals surface area (Å²) in [5.41, 5.74) is -0.101. The van der Waals surface area contributed by atoms with Gasteiger partial charge in [0.2, 0.25) is 17.7 Å². The van der Waals surface area contributed by atoms with Crippen LogP contribution in [0.2, 0.25) is 5.02 Å². The van der Waals surface area contributed by atoms with Crippen LogP contribution in [-0.2, 0) is 20.6 Å². The quantitative estimate of drug-likeness (QED) is 0.419. The molecule has 1 unspecified atom stereocenters. The van der Waals surface area contributed by atoms with E-state index in [0.29, 0.717) is 50.0 Å². The van der Waals surface area contributed by atoms with Gasteiger partial charge < -0.3 is 20.2 Å². The third-order valence-corrected chi connectivity index (χ3v) is 10.4. The van der Waals surface area contributed by atoms with Gasteiger partial charge in [-0.2, -0.15) is 0 Å². The Bertz CT molecular complexity index is 1100. The molecule has 1 aromatic carbocycles. The molecule has 0 radical (unpaired) electrons. The van der Waals surface area contributed by atoms with E-state index in [-0.39, 0.29) is 62.1 Å². The van der Waals surface area contributed by atoms with Crippen molar-refractivity contribution in [1.82, 2.24) is 19.4 Å². The number of carbonyl (C=O) groups is 2. The molecule has 1 aliphatic carbocycles. The topological polar surface area (TPSA) is 93.2 Å². The lowest BCUT2D eigenvalue weighted by Gasteiger charge is -2.43. The lowest BCUT2D eigenvalue weighted by atomic mass is 9.86. The van der Waals surface area contributed by atoms with E-state index in [1.165, 1.54) is 0 Å². The summed E-state index contributed by atoms with van der Waals surface area (Å²) in [6.45, 7) is 7.18. The number of carbonyl (C=O) groups excluding carboxylic acids is 2. The zero-order chi connectivity index (χ0) is 29.9. The van der Waals surface area contributed by atoms with Gasteiger partial charge >= 0.3 is 0 Å². The number of benzene rings is 1. The van der Waals surface area contributed by atoms with Crippen molar-refractivity contribution in [1.29, 1.82) is 0 Å². The van der Waals surface area contributed by atoms with Crippen molar-refractivity contribution in [2.45, 2.75) is 76.8 Å². The number of aliphatic hydroxyl groups excluding tert-OH is 1. The maximum absolute atomic E-state index is 14.0. The van der Waals surface area contributed by atoms with Gasteiger partial charge in [0, 0.05) is 56.0 Å². The first-order chi connectivity index (χ1) is 19.4. The van der Waals surface area contributed by atoms with E-state index < -0.39 is 28.2 Å². The first kappa shape index (κ1) is 32.3. The molecule has 2 amide bonds. The minimum Gasteiger partial charge on any atom is -0.395 e. The van der Waals surface area contributed by atoms with E-state index in [2.05, 4.69) is 5.32 Å². The van der Waals surface area contributed by atoms with Gasteiger partial charge in [0.1, 0.15) is 11.0 Å². The summed E-state index contributed by atoms with van der Waals surface area (Å²) < 4.78 is 42.8. The maximum Gasteiger partial charge on any atom is 0.248 e. The molecule has 2 aliphatic heterocycles. The van der Waals surface area contributed by atoms with Gasteiger partial charge in [-0.15, -0.1) is 0 Å². The van der Waals surface area contributed by atoms with E-state index >= 15 is 0 Å². The average molecular weight is 617 g/mol. The standard InChI is InChI=1S/C29H43ClF2N4O4S/c1-4-33-19-41(40)35-16-24(20-5-7-21(30)8-6-20)25(17-35)26(38)34-14-11-23(15-34)36(27(39)28(2,3)18-37)22-9-12-29(31,32)13-10-22/h5-8,22-25,33,37H,4,9-19H2,1-3H3/t23-,24-,25+,41?/m0/s1. The van der Waals surface area contributed by atoms with Crippen molar-refractivity contribution in [3.8, 4) is 0 Å². The van der Waals surface area contributed by atoms with Crippen LogP contribution in [0.15, 0.2) is 24.3 Å². The number of nitrogens with one attached hydrogen (secondary N) is 1. The van der Waals surface area contributed by atoms with Gasteiger partial charge in [-0.3, -0.25) is 9.59 Å². The molecule has 3 aliphatic rings. The summed E-state index contributed by atoms with van der Waals surface area (Å²) in [4.78, 5) is 31.2. The lowest BCUT2D eigenvalue weighted by Crippen LogP contribution is -2.55. The minimum absolute atomic E-state index is 0.0561. The Morgan fingerprint density at radius 2 is 1.78 bits per heavy atom. The Hall–Kier alpha value is -1.66. The molecule has 2 heterocycles. The number of rotatable bonds is 10. The molecular weight excluding hydrogens is 574 g/mol. The number of aliphatic hydroxyl groups is 1. The van der Waals surface area contributed by atoms with Crippen LogP contribution in [0.5, 0.6) is 0 Å². The summed E-state index contributed by atoms with van der Waals surface area (Å²) in [5, 5.41) is 13.6. The van der Waals surface area contributed by atoms with Crippen LogP contribution in [0.25, 0.3) is 0 Å². The highest BCUT2D eigenvalue weighted by Crippen LogP contribution is 2.40. The van der Waals surface area contributed by atoms with E-state index in [4.69, 9.17) is 11.6 Å². The molecule has 4 rings (SSSR count). The highest BCUT2D eigenvalue weighted by Gasteiger charge is 2.47. The van der Waals surface area contributed by atoms with Gasteiger partial charge in [0.05, 0.1) is 29.9 Å². The predicted octanol–water partition coefficient (Wildman–Crippen LogP) is 3.61. The number of hydrogen-bond acceptors (Lipinski definition) is 5. The van der Waals surface area contributed by atoms with Gasteiger partial charge in [-0.05, 0) is 57.4 Å². The first-order valence-electron chi connectivity index (χ1n) is 14.6. The number of hydrogen-bond donors (Lipinski definition) is 2. The molecule has 0 bridgehead atoms. The summed E-state index contributed by atoms with van der Waals surface area (Å²) in [7, 11) is -1.29. The Labute approximate surface area is 249 Å². The zero-order valence-electron chi connectivity index (χ0n) is 24.2. The van der Waals surface area contributed by atoms with Crippen molar-refractivity contribution in [2.75, 3.05) is 45.2 Å². The van der Waals surface area contributed by atoms with Crippen LogP contribution in [0, 0.1) is 11.3 Å². The van der Waals surface area contributed by atoms with Crippen LogP contribution >= 0.6 is 11.6 Å². The highest BCUT2D eigenvalue weighted by atomic mass is 35.5. The van der Waals surface area contributed by atoms with Crippen LogP contribution < -0.4 is 5.32 Å². The number of alkyl halides is 2. The Kier molecular flexibility index (Phi) is 10.5. The van der Waals surface area contributed by atoms with E-state index in [1.807, 2.05) is 23.4 Å². The average Bonchev–Trinajstić information content (AvgIpc) is 3.61. The molecule has 1 saturated carbocycles. The fourth-order valence-electron chi connectivity index (χ4n) is 6.27. The van der Waals surface area contributed by atoms with Gasteiger partial charge in [0.15, 0.2) is 0 Å². The molecule has 0 aromatic heterocycles. The van der Waals surface area contributed by atoms with E-state index in [0.717, 1.165) is 5.56 Å². The van der Waals surface area contributed by atoms with E-state index in [1.54, 1.807) is 35.8 Å². The molecule has 2 N–H and O–H groups in total. The largest absolute Gasteiger partial charge is 0.395 e.